The first kappa shape index (κ1) is 20.1. The largest absolute Gasteiger partial charge is 0.378 e. The fourth-order valence-electron chi connectivity index (χ4n) is 3.14. The highest BCUT2D eigenvalue weighted by Crippen LogP contribution is 2.19. The predicted octanol–water partition coefficient (Wildman–Crippen LogP) is 2.36. The summed E-state index contributed by atoms with van der Waals surface area (Å²) in [5.41, 5.74) is 1.78. The van der Waals surface area contributed by atoms with Gasteiger partial charge in [0.25, 0.3) is 0 Å². The van der Waals surface area contributed by atoms with Gasteiger partial charge in [0, 0.05) is 37.9 Å². The van der Waals surface area contributed by atoms with Gasteiger partial charge in [-0.1, -0.05) is 24.3 Å². The van der Waals surface area contributed by atoms with Gasteiger partial charge in [0.2, 0.25) is 0 Å². The number of hydrogen-bond acceptors (Lipinski definition) is 4. The Balaban J connectivity index is 1.62. The van der Waals surface area contributed by atoms with Crippen molar-refractivity contribution in [3.63, 3.8) is 0 Å². The number of anilines is 1. The molecule has 3 rings (SSSR count). The highest BCUT2D eigenvalue weighted by molar-refractivity contribution is 5.79. The number of aromatic nitrogens is 1. The van der Waals surface area contributed by atoms with Gasteiger partial charge in [-0.15, -0.1) is 0 Å². The van der Waals surface area contributed by atoms with Crippen LogP contribution < -0.4 is 15.5 Å². The number of pyridine rings is 1. The lowest BCUT2D eigenvalue weighted by atomic mass is 10.1. The molecule has 0 saturated carbocycles. The molecule has 1 aliphatic heterocycles. The molecule has 2 N–H and O–H groups in total. The van der Waals surface area contributed by atoms with Crippen molar-refractivity contribution in [2.45, 2.75) is 19.9 Å². The topological polar surface area (TPSA) is 61.8 Å². The summed E-state index contributed by atoms with van der Waals surface area (Å²) in [6, 6.07) is 10.9. The van der Waals surface area contributed by atoms with Crippen molar-refractivity contribution in [3.8, 4) is 0 Å². The van der Waals surface area contributed by atoms with Gasteiger partial charge < -0.3 is 20.3 Å². The van der Waals surface area contributed by atoms with Crippen molar-refractivity contribution in [1.29, 1.82) is 0 Å². The normalized spacial score (nSPS) is 14.8. The first-order chi connectivity index (χ1) is 13.8. The average molecular weight is 385 g/mol. The van der Waals surface area contributed by atoms with Crippen molar-refractivity contribution in [3.05, 3.63) is 59.5 Å². The molecule has 1 aromatic carbocycles. The Bertz CT molecular complexity index is 777. The first-order valence-electron chi connectivity index (χ1n) is 9.80. The molecule has 7 heteroatoms. The third-order valence-corrected chi connectivity index (χ3v) is 4.57. The molecule has 0 radical (unpaired) electrons. The minimum Gasteiger partial charge on any atom is -0.378 e. The Labute approximate surface area is 165 Å². The molecule has 1 saturated heterocycles. The van der Waals surface area contributed by atoms with Crippen molar-refractivity contribution in [2.75, 3.05) is 44.3 Å². The van der Waals surface area contributed by atoms with Gasteiger partial charge in [0.1, 0.15) is 11.6 Å². The summed E-state index contributed by atoms with van der Waals surface area (Å²) in [5, 5.41) is 6.53. The van der Waals surface area contributed by atoms with E-state index in [-0.39, 0.29) is 5.82 Å². The van der Waals surface area contributed by atoms with Crippen LogP contribution in [0.1, 0.15) is 18.1 Å². The van der Waals surface area contributed by atoms with Crippen LogP contribution in [0.25, 0.3) is 0 Å². The molecule has 0 amide bonds. The van der Waals surface area contributed by atoms with Gasteiger partial charge in [0.15, 0.2) is 5.96 Å². The van der Waals surface area contributed by atoms with E-state index in [9.17, 15) is 4.39 Å². The third-order valence-electron chi connectivity index (χ3n) is 4.57. The Morgan fingerprint density at radius 2 is 1.93 bits per heavy atom. The van der Waals surface area contributed by atoms with Gasteiger partial charge in [0.05, 0.1) is 19.8 Å². The molecule has 6 nitrogen and oxygen atoms in total. The highest BCUT2D eigenvalue weighted by Gasteiger charge is 2.15. The fraction of sp³-hybridized carbons (Fsp3) is 0.429. The molecular formula is C21H28FN5O. The third kappa shape index (κ3) is 5.66. The zero-order chi connectivity index (χ0) is 19.6. The van der Waals surface area contributed by atoms with E-state index in [1.165, 1.54) is 6.07 Å². The second kappa shape index (κ2) is 10.6. The van der Waals surface area contributed by atoms with Crippen LogP contribution in [0.2, 0.25) is 0 Å². The molecule has 0 atom stereocenters. The number of benzene rings is 1. The van der Waals surface area contributed by atoms with Crippen LogP contribution in [-0.2, 0) is 17.7 Å². The summed E-state index contributed by atoms with van der Waals surface area (Å²) in [4.78, 5) is 11.5. The summed E-state index contributed by atoms with van der Waals surface area (Å²) in [6.07, 6.45) is 2.42. The minimum absolute atomic E-state index is 0.170. The van der Waals surface area contributed by atoms with Gasteiger partial charge >= 0.3 is 0 Å². The van der Waals surface area contributed by atoms with Crippen LogP contribution in [0, 0.1) is 5.82 Å². The molecular weight excluding hydrogens is 357 g/mol. The quantitative estimate of drug-likeness (QED) is 0.566. The van der Waals surface area contributed by atoms with E-state index < -0.39 is 0 Å². The number of ether oxygens (including phenoxy) is 1. The molecule has 1 aliphatic rings. The number of guanidine groups is 1. The molecule has 28 heavy (non-hydrogen) atoms. The van der Waals surface area contributed by atoms with E-state index in [1.54, 1.807) is 6.07 Å². The van der Waals surface area contributed by atoms with Crippen LogP contribution in [0.3, 0.4) is 0 Å². The monoisotopic (exact) mass is 385 g/mol. The number of nitrogens with zero attached hydrogens (tertiary/aromatic N) is 3. The molecule has 0 unspecified atom stereocenters. The van der Waals surface area contributed by atoms with Crippen molar-refractivity contribution in [2.24, 2.45) is 4.99 Å². The standard InChI is InChI=1S/C21H28FN5O/c1-2-23-21(25-11-9-17-6-3-4-8-19(17)22)26-16-18-7-5-10-24-20(18)27-12-14-28-15-13-27/h3-8,10H,2,9,11-16H2,1H3,(H2,23,25,26). The maximum absolute atomic E-state index is 13.8. The lowest BCUT2D eigenvalue weighted by molar-refractivity contribution is 0.122. The fourth-order valence-corrected chi connectivity index (χ4v) is 3.14. The second-order valence-corrected chi connectivity index (χ2v) is 6.55. The summed E-state index contributed by atoms with van der Waals surface area (Å²) in [5.74, 6) is 1.52. The molecule has 1 fully saturated rings. The Morgan fingerprint density at radius 1 is 1.14 bits per heavy atom. The lowest BCUT2D eigenvalue weighted by Gasteiger charge is -2.29. The van der Waals surface area contributed by atoms with Crippen molar-refractivity contribution >= 4 is 11.8 Å². The van der Waals surface area contributed by atoms with E-state index in [1.807, 2.05) is 31.3 Å². The summed E-state index contributed by atoms with van der Waals surface area (Å²) in [7, 11) is 0. The van der Waals surface area contributed by atoms with Crippen LogP contribution in [0.4, 0.5) is 10.2 Å². The Kier molecular flexibility index (Phi) is 7.61. The molecule has 0 bridgehead atoms. The molecule has 2 aromatic rings. The van der Waals surface area contributed by atoms with Gasteiger partial charge in [-0.2, -0.15) is 0 Å². The SMILES string of the molecule is CCNC(=NCc1cccnc1N1CCOCC1)NCCc1ccccc1F. The minimum atomic E-state index is -0.170. The molecule has 150 valence electrons. The van der Waals surface area contributed by atoms with E-state index in [2.05, 4.69) is 26.6 Å². The average Bonchev–Trinajstić information content (AvgIpc) is 2.74. The maximum Gasteiger partial charge on any atom is 0.191 e. The van der Waals surface area contributed by atoms with Gasteiger partial charge in [-0.3, -0.25) is 0 Å². The molecule has 1 aromatic heterocycles. The Morgan fingerprint density at radius 3 is 2.71 bits per heavy atom. The van der Waals surface area contributed by atoms with Crippen LogP contribution in [0.5, 0.6) is 0 Å². The van der Waals surface area contributed by atoms with Gasteiger partial charge in [-0.05, 0) is 31.0 Å². The molecule has 0 aliphatic carbocycles. The lowest BCUT2D eigenvalue weighted by Crippen LogP contribution is -2.38. The predicted molar refractivity (Wildman–Crippen MR) is 110 cm³/mol. The summed E-state index contributed by atoms with van der Waals surface area (Å²) in [6.45, 7) is 7.04. The zero-order valence-corrected chi connectivity index (χ0v) is 16.3. The Hall–Kier alpha value is -2.67. The summed E-state index contributed by atoms with van der Waals surface area (Å²) >= 11 is 0. The highest BCUT2D eigenvalue weighted by atomic mass is 19.1. The van der Waals surface area contributed by atoms with Crippen LogP contribution in [-0.4, -0.2) is 50.3 Å². The van der Waals surface area contributed by atoms with Crippen LogP contribution >= 0.6 is 0 Å². The second-order valence-electron chi connectivity index (χ2n) is 6.55. The number of nitrogens with one attached hydrogen (secondary N) is 2. The van der Waals surface area contributed by atoms with Gasteiger partial charge in [-0.25, -0.2) is 14.4 Å². The van der Waals surface area contributed by atoms with E-state index in [0.29, 0.717) is 25.1 Å². The van der Waals surface area contributed by atoms with Crippen molar-refractivity contribution in [1.82, 2.24) is 15.6 Å². The smallest absolute Gasteiger partial charge is 0.191 e. The van der Waals surface area contributed by atoms with Crippen molar-refractivity contribution < 1.29 is 9.13 Å². The van der Waals surface area contributed by atoms with E-state index in [0.717, 1.165) is 50.2 Å². The zero-order valence-electron chi connectivity index (χ0n) is 16.3. The molecule has 2 heterocycles. The first-order valence-corrected chi connectivity index (χ1v) is 9.80. The summed E-state index contributed by atoms with van der Waals surface area (Å²) < 4.78 is 19.2. The van der Waals surface area contributed by atoms with E-state index >= 15 is 0 Å². The number of morpholine rings is 1. The number of rotatable bonds is 7. The number of hydrogen-bond donors (Lipinski definition) is 2. The maximum atomic E-state index is 13.8. The van der Waals surface area contributed by atoms with E-state index in [4.69, 9.17) is 9.73 Å². The number of aliphatic imine (C=N–C) groups is 1. The number of halogens is 1. The molecule has 0 spiro atoms. The van der Waals surface area contributed by atoms with Crippen LogP contribution in [0.15, 0.2) is 47.6 Å².